The van der Waals surface area contributed by atoms with E-state index >= 15 is 0 Å². The summed E-state index contributed by atoms with van der Waals surface area (Å²) in [7, 11) is 0. The van der Waals surface area contributed by atoms with E-state index in [4.69, 9.17) is 11.6 Å². The minimum atomic E-state index is 0.216. The number of halogens is 1. The summed E-state index contributed by atoms with van der Waals surface area (Å²) in [5.74, 6) is 1.76. The highest BCUT2D eigenvalue weighted by atomic mass is 35.5. The summed E-state index contributed by atoms with van der Waals surface area (Å²) >= 11 is 5.75. The predicted molar refractivity (Wildman–Crippen MR) is 79.0 cm³/mol. The van der Waals surface area contributed by atoms with Crippen LogP contribution < -0.4 is 5.32 Å². The summed E-state index contributed by atoms with van der Waals surface area (Å²) in [6.07, 6.45) is 4.45. The Bertz CT molecular complexity index is 407. The molecule has 0 aromatic heterocycles. The highest BCUT2D eigenvalue weighted by Gasteiger charge is 2.23. The van der Waals surface area contributed by atoms with Crippen molar-refractivity contribution in [2.45, 2.75) is 45.0 Å². The maximum Gasteiger partial charge on any atom is 0.223 e. The molecule has 19 heavy (non-hydrogen) atoms. The Hall–Kier alpha value is -1.02. The van der Waals surface area contributed by atoms with E-state index in [1.54, 1.807) is 0 Å². The Morgan fingerprint density at radius 1 is 1.16 bits per heavy atom. The maximum atomic E-state index is 12.1. The zero-order valence-corrected chi connectivity index (χ0v) is 12.2. The van der Waals surface area contributed by atoms with Crippen LogP contribution in [0.3, 0.4) is 0 Å². The van der Waals surface area contributed by atoms with Crippen molar-refractivity contribution in [1.82, 2.24) is 5.32 Å². The van der Waals surface area contributed by atoms with Gasteiger partial charge in [-0.15, -0.1) is 11.6 Å². The number of nitrogens with one attached hydrogen (secondary N) is 1. The molecule has 2 rings (SSSR count). The number of rotatable bonds is 4. The van der Waals surface area contributed by atoms with Gasteiger partial charge in [0.15, 0.2) is 0 Å². The Morgan fingerprint density at radius 2 is 1.74 bits per heavy atom. The van der Waals surface area contributed by atoms with Crippen LogP contribution in [-0.4, -0.2) is 5.91 Å². The van der Waals surface area contributed by atoms with Crippen molar-refractivity contribution in [3.63, 3.8) is 0 Å². The van der Waals surface area contributed by atoms with Crippen LogP contribution in [0, 0.1) is 11.8 Å². The van der Waals surface area contributed by atoms with Crippen molar-refractivity contribution in [1.29, 1.82) is 0 Å². The first kappa shape index (κ1) is 14.4. The van der Waals surface area contributed by atoms with Gasteiger partial charge in [-0.3, -0.25) is 4.79 Å². The van der Waals surface area contributed by atoms with Crippen molar-refractivity contribution in [3.05, 3.63) is 35.4 Å². The van der Waals surface area contributed by atoms with Gasteiger partial charge in [0.25, 0.3) is 0 Å². The lowest BCUT2D eigenvalue weighted by atomic mass is 9.82. The molecule has 0 saturated heterocycles. The van der Waals surface area contributed by atoms with Crippen molar-refractivity contribution < 1.29 is 4.79 Å². The zero-order chi connectivity index (χ0) is 13.7. The quantitative estimate of drug-likeness (QED) is 0.833. The SMILES string of the molecule is CC1CCC(C(=O)NCc2ccc(CCl)cc2)CC1. The third-order valence-corrected chi connectivity index (χ3v) is 4.34. The molecule has 1 aliphatic carbocycles. The Morgan fingerprint density at radius 3 is 2.32 bits per heavy atom. The lowest BCUT2D eigenvalue weighted by molar-refractivity contribution is -0.126. The fraction of sp³-hybridized carbons (Fsp3) is 0.562. The maximum absolute atomic E-state index is 12.1. The Labute approximate surface area is 120 Å². The molecular formula is C16H22ClNO. The van der Waals surface area contributed by atoms with Crippen molar-refractivity contribution in [2.24, 2.45) is 11.8 Å². The normalized spacial score (nSPS) is 23.1. The van der Waals surface area contributed by atoms with Crippen molar-refractivity contribution in [3.8, 4) is 0 Å². The lowest BCUT2D eigenvalue weighted by Gasteiger charge is -2.25. The molecule has 0 radical (unpaired) electrons. The van der Waals surface area contributed by atoms with Crippen LogP contribution >= 0.6 is 11.6 Å². The zero-order valence-electron chi connectivity index (χ0n) is 11.5. The molecule has 1 saturated carbocycles. The van der Waals surface area contributed by atoms with E-state index in [-0.39, 0.29) is 11.8 Å². The number of carbonyl (C=O) groups is 1. The standard InChI is InChI=1S/C16H22ClNO/c1-12-2-8-15(9-3-12)16(19)18-11-14-6-4-13(10-17)5-7-14/h4-7,12,15H,2-3,8-11H2,1H3,(H,18,19). The molecule has 1 aliphatic rings. The molecule has 1 amide bonds. The molecule has 1 aromatic carbocycles. The van der Waals surface area contributed by atoms with Crippen LogP contribution in [0.15, 0.2) is 24.3 Å². The molecule has 0 bridgehead atoms. The van der Waals surface area contributed by atoms with Crippen LogP contribution in [0.1, 0.15) is 43.7 Å². The predicted octanol–water partition coefficient (Wildman–Crippen LogP) is 3.87. The average Bonchev–Trinajstić information content (AvgIpc) is 2.46. The molecule has 2 nitrogen and oxygen atoms in total. The molecule has 1 N–H and O–H groups in total. The second kappa shape index (κ2) is 6.95. The summed E-state index contributed by atoms with van der Waals surface area (Å²) in [6, 6.07) is 8.08. The Kier molecular flexibility index (Phi) is 5.26. The van der Waals surface area contributed by atoms with Crippen molar-refractivity contribution in [2.75, 3.05) is 0 Å². The van der Waals surface area contributed by atoms with Gasteiger partial charge in [-0.1, -0.05) is 31.2 Å². The van der Waals surface area contributed by atoms with Crippen LogP contribution in [0.25, 0.3) is 0 Å². The van der Waals surface area contributed by atoms with Gasteiger partial charge < -0.3 is 5.32 Å². The minimum Gasteiger partial charge on any atom is -0.352 e. The highest BCUT2D eigenvalue weighted by molar-refractivity contribution is 6.17. The number of hydrogen-bond acceptors (Lipinski definition) is 1. The molecule has 104 valence electrons. The van der Waals surface area contributed by atoms with Crippen LogP contribution in [0.4, 0.5) is 0 Å². The average molecular weight is 280 g/mol. The van der Waals surface area contributed by atoms with Gasteiger partial charge in [0, 0.05) is 18.3 Å². The van der Waals surface area contributed by atoms with Gasteiger partial charge in [0.1, 0.15) is 0 Å². The van der Waals surface area contributed by atoms with Gasteiger partial charge in [-0.05, 0) is 42.7 Å². The minimum absolute atomic E-state index is 0.216. The van der Waals surface area contributed by atoms with Gasteiger partial charge in [-0.2, -0.15) is 0 Å². The molecule has 0 spiro atoms. The third-order valence-electron chi connectivity index (χ3n) is 4.03. The van der Waals surface area contributed by atoms with E-state index in [1.165, 1.54) is 12.8 Å². The number of carbonyl (C=O) groups excluding carboxylic acids is 1. The second-order valence-electron chi connectivity index (χ2n) is 5.62. The van der Waals surface area contributed by atoms with Gasteiger partial charge >= 0.3 is 0 Å². The van der Waals surface area contributed by atoms with Gasteiger partial charge in [-0.25, -0.2) is 0 Å². The number of alkyl halides is 1. The summed E-state index contributed by atoms with van der Waals surface area (Å²) in [5.41, 5.74) is 2.24. The van der Waals surface area contributed by atoms with Crippen molar-refractivity contribution >= 4 is 17.5 Å². The van der Waals surface area contributed by atoms with Gasteiger partial charge in [0.05, 0.1) is 0 Å². The lowest BCUT2D eigenvalue weighted by Crippen LogP contribution is -2.32. The molecule has 0 heterocycles. The monoisotopic (exact) mass is 279 g/mol. The molecule has 0 unspecified atom stereocenters. The van der Waals surface area contributed by atoms with E-state index in [0.717, 1.165) is 29.9 Å². The van der Waals surface area contributed by atoms with E-state index in [2.05, 4.69) is 12.2 Å². The first-order chi connectivity index (χ1) is 9.19. The van der Waals surface area contributed by atoms with Gasteiger partial charge in [0.2, 0.25) is 5.91 Å². The first-order valence-corrected chi connectivity index (χ1v) is 7.64. The molecule has 1 aromatic rings. The fourth-order valence-electron chi connectivity index (χ4n) is 2.60. The highest BCUT2D eigenvalue weighted by Crippen LogP contribution is 2.28. The second-order valence-corrected chi connectivity index (χ2v) is 5.89. The molecular weight excluding hydrogens is 258 g/mol. The van der Waals surface area contributed by atoms with E-state index in [1.807, 2.05) is 24.3 Å². The largest absolute Gasteiger partial charge is 0.352 e. The molecule has 1 fully saturated rings. The van der Waals surface area contributed by atoms with E-state index in [0.29, 0.717) is 12.4 Å². The summed E-state index contributed by atoms with van der Waals surface area (Å²) in [4.78, 5) is 12.1. The molecule has 0 atom stereocenters. The molecule has 0 aliphatic heterocycles. The first-order valence-electron chi connectivity index (χ1n) is 7.10. The summed E-state index contributed by atoms with van der Waals surface area (Å²) in [5, 5.41) is 3.05. The Balaban J connectivity index is 1.79. The number of benzene rings is 1. The van der Waals surface area contributed by atoms with E-state index < -0.39 is 0 Å². The van der Waals surface area contributed by atoms with E-state index in [9.17, 15) is 4.79 Å². The van der Waals surface area contributed by atoms with Crippen LogP contribution in [0.2, 0.25) is 0 Å². The molecule has 3 heteroatoms. The van der Waals surface area contributed by atoms with Crippen LogP contribution in [0.5, 0.6) is 0 Å². The summed E-state index contributed by atoms with van der Waals surface area (Å²) < 4.78 is 0. The smallest absolute Gasteiger partial charge is 0.223 e. The number of hydrogen-bond donors (Lipinski definition) is 1. The van der Waals surface area contributed by atoms with Crippen LogP contribution in [-0.2, 0) is 17.2 Å². The third kappa shape index (κ3) is 4.24. The number of amides is 1. The summed E-state index contributed by atoms with van der Waals surface area (Å²) in [6.45, 7) is 2.89. The topological polar surface area (TPSA) is 29.1 Å². The fourth-order valence-corrected chi connectivity index (χ4v) is 2.78.